The van der Waals surface area contributed by atoms with Crippen LogP contribution in [0, 0.1) is 0 Å². The quantitative estimate of drug-likeness (QED) is 0.210. The van der Waals surface area contributed by atoms with Gasteiger partial charge >= 0.3 is 0 Å². The Hall–Kier alpha value is -6.06. The third kappa shape index (κ3) is 3.46. The first-order valence-corrected chi connectivity index (χ1v) is 15.3. The van der Waals surface area contributed by atoms with E-state index in [0.717, 1.165) is 82.5 Å². The number of hydrogen-bond donors (Lipinski definition) is 0. The summed E-state index contributed by atoms with van der Waals surface area (Å²) in [6, 6.07) is 53.4. The van der Waals surface area contributed by atoms with Crippen LogP contribution in [0.15, 0.2) is 160 Å². The van der Waals surface area contributed by atoms with Crippen LogP contribution in [0.25, 0.3) is 93.6 Å². The molecule has 0 N–H and O–H groups in total. The van der Waals surface area contributed by atoms with Gasteiger partial charge in [0, 0.05) is 32.5 Å². The summed E-state index contributed by atoms with van der Waals surface area (Å²) in [6.45, 7) is 0. The highest BCUT2D eigenvalue weighted by molar-refractivity contribution is 6.24. The predicted molar refractivity (Wildman–Crippen MR) is 186 cm³/mol. The van der Waals surface area contributed by atoms with Crippen molar-refractivity contribution in [2.75, 3.05) is 0 Å². The number of nitrogens with zero attached hydrogens (tertiary/aromatic N) is 1. The van der Waals surface area contributed by atoms with E-state index in [9.17, 15) is 0 Å². The highest BCUT2D eigenvalue weighted by Crippen LogP contribution is 2.43. The summed E-state index contributed by atoms with van der Waals surface area (Å²) < 4.78 is 15.7. The van der Waals surface area contributed by atoms with Crippen LogP contribution in [0.5, 0.6) is 0 Å². The SMILES string of the molecule is c1ccc(-c2ccc(-c3cccc4c3oc3c(-n5c6ccccc6c6c7oc8ccccc8c7ccc65)cccc34)cc2)cc1. The van der Waals surface area contributed by atoms with E-state index in [1.807, 2.05) is 18.2 Å². The molecule has 0 aliphatic carbocycles. The number of benzene rings is 7. The summed E-state index contributed by atoms with van der Waals surface area (Å²) in [5.41, 5.74) is 11.4. The van der Waals surface area contributed by atoms with Crippen LogP contribution in [0.3, 0.4) is 0 Å². The zero-order chi connectivity index (χ0) is 29.5. The Bertz CT molecular complexity index is 2740. The van der Waals surface area contributed by atoms with Gasteiger partial charge in [0.15, 0.2) is 5.58 Å². The second-order valence-corrected chi connectivity index (χ2v) is 11.7. The van der Waals surface area contributed by atoms with Crippen molar-refractivity contribution in [1.29, 1.82) is 0 Å². The molecule has 0 aliphatic heterocycles. The molecule has 3 aromatic heterocycles. The minimum Gasteiger partial charge on any atom is -0.455 e. The molecular weight excluding hydrogens is 550 g/mol. The topological polar surface area (TPSA) is 31.2 Å². The zero-order valence-corrected chi connectivity index (χ0v) is 24.2. The molecule has 7 aromatic carbocycles. The molecule has 45 heavy (non-hydrogen) atoms. The molecule has 0 unspecified atom stereocenters. The Morgan fingerprint density at radius 1 is 0.356 bits per heavy atom. The Morgan fingerprint density at radius 2 is 1.00 bits per heavy atom. The van der Waals surface area contributed by atoms with Gasteiger partial charge in [0.1, 0.15) is 16.7 Å². The van der Waals surface area contributed by atoms with E-state index >= 15 is 0 Å². The molecule has 3 nitrogen and oxygen atoms in total. The highest BCUT2D eigenvalue weighted by Gasteiger charge is 2.21. The van der Waals surface area contributed by atoms with Crippen molar-refractivity contribution in [1.82, 2.24) is 4.57 Å². The largest absolute Gasteiger partial charge is 0.455 e. The molecule has 0 fully saturated rings. The maximum absolute atomic E-state index is 6.90. The van der Waals surface area contributed by atoms with Crippen molar-refractivity contribution in [3.63, 3.8) is 0 Å². The van der Waals surface area contributed by atoms with Crippen molar-refractivity contribution in [2.24, 2.45) is 0 Å². The second-order valence-electron chi connectivity index (χ2n) is 11.7. The smallest absolute Gasteiger partial charge is 0.159 e. The van der Waals surface area contributed by atoms with Crippen LogP contribution in [0.2, 0.25) is 0 Å². The van der Waals surface area contributed by atoms with Gasteiger partial charge in [0.05, 0.1) is 22.1 Å². The van der Waals surface area contributed by atoms with E-state index in [0.29, 0.717) is 0 Å². The van der Waals surface area contributed by atoms with Gasteiger partial charge in [-0.1, -0.05) is 121 Å². The Morgan fingerprint density at radius 3 is 1.87 bits per heavy atom. The monoisotopic (exact) mass is 575 g/mol. The molecule has 3 heteroatoms. The minimum absolute atomic E-state index is 0.869. The first-order chi connectivity index (χ1) is 22.3. The van der Waals surface area contributed by atoms with Gasteiger partial charge < -0.3 is 13.4 Å². The summed E-state index contributed by atoms with van der Waals surface area (Å²) in [5, 5.41) is 6.75. The molecule has 0 atom stereocenters. The Balaban J connectivity index is 1.22. The number of hydrogen-bond acceptors (Lipinski definition) is 2. The van der Waals surface area contributed by atoms with Gasteiger partial charge in [-0.3, -0.25) is 0 Å². The minimum atomic E-state index is 0.869. The van der Waals surface area contributed by atoms with Gasteiger partial charge in [-0.15, -0.1) is 0 Å². The van der Waals surface area contributed by atoms with Crippen molar-refractivity contribution in [3.05, 3.63) is 152 Å². The van der Waals surface area contributed by atoms with Crippen LogP contribution in [0.1, 0.15) is 0 Å². The lowest BCUT2D eigenvalue weighted by atomic mass is 9.99. The summed E-state index contributed by atoms with van der Waals surface area (Å²) in [5.74, 6) is 0. The molecule has 10 rings (SSSR count). The number of aromatic nitrogens is 1. The summed E-state index contributed by atoms with van der Waals surface area (Å²) >= 11 is 0. The summed E-state index contributed by atoms with van der Waals surface area (Å²) in [4.78, 5) is 0. The van der Waals surface area contributed by atoms with Gasteiger partial charge in [0.2, 0.25) is 0 Å². The average molecular weight is 576 g/mol. The van der Waals surface area contributed by atoms with Crippen LogP contribution in [-0.4, -0.2) is 4.57 Å². The molecule has 0 aliphatic rings. The van der Waals surface area contributed by atoms with Crippen LogP contribution in [0.4, 0.5) is 0 Å². The van der Waals surface area contributed by atoms with E-state index in [2.05, 4.69) is 138 Å². The molecule has 10 aromatic rings. The zero-order valence-electron chi connectivity index (χ0n) is 24.2. The predicted octanol–water partition coefficient (Wildman–Crippen LogP) is 11.9. The van der Waals surface area contributed by atoms with Crippen molar-refractivity contribution < 1.29 is 8.83 Å². The second kappa shape index (κ2) is 9.22. The molecule has 0 saturated carbocycles. The van der Waals surface area contributed by atoms with Gasteiger partial charge in [0.25, 0.3) is 0 Å². The van der Waals surface area contributed by atoms with Crippen LogP contribution in [-0.2, 0) is 0 Å². The van der Waals surface area contributed by atoms with E-state index in [1.54, 1.807) is 0 Å². The number of para-hydroxylation sites is 4. The maximum Gasteiger partial charge on any atom is 0.159 e. The third-order valence-corrected chi connectivity index (χ3v) is 9.23. The first-order valence-electron chi connectivity index (χ1n) is 15.3. The highest BCUT2D eigenvalue weighted by atomic mass is 16.3. The van der Waals surface area contributed by atoms with Crippen molar-refractivity contribution >= 4 is 65.7 Å². The van der Waals surface area contributed by atoms with Gasteiger partial charge in [-0.2, -0.15) is 0 Å². The molecule has 0 saturated heterocycles. The number of furan rings is 2. The molecule has 210 valence electrons. The van der Waals surface area contributed by atoms with Crippen LogP contribution >= 0.6 is 0 Å². The summed E-state index contributed by atoms with van der Waals surface area (Å²) in [6.07, 6.45) is 0. The van der Waals surface area contributed by atoms with Gasteiger partial charge in [-0.25, -0.2) is 0 Å². The Kier molecular flexibility index (Phi) is 5.00. The lowest BCUT2D eigenvalue weighted by Gasteiger charge is -2.08. The van der Waals surface area contributed by atoms with E-state index < -0.39 is 0 Å². The van der Waals surface area contributed by atoms with E-state index in [1.165, 1.54) is 11.1 Å². The van der Waals surface area contributed by atoms with Crippen molar-refractivity contribution in [2.45, 2.75) is 0 Å². The fourth-order valence-corrected chi connectivity index (χ4v) is 7.18. The normalized spacial score (nSPS) is 12.0. The molecule has 0 spiro atoms. The third-order valence-electron chi connectivity index (χ3n) is 9.23. The van der Waals surface area contributed by atoms with E-state index in [-0.39, 0.29) is 0 Å². The fourth-order valence-electron chi connectivity index (χ4n) is 7.18. The summed E-state index contributed by atoms with van der Waals surface area (Å²) in [7, 11) is 0. The molecule has 3 heterocycles. The standard InChI is InChI=1S/C42H25NO2/c1-2-10-26(11-3-1)27-20-22-28(23-21-27)29-14-8-15-31-32-16-9-18-37(41(32)45-40(29)31)43-35-17-6-4-13-34(35)39-36(43)25-24-33-30-12-5-7-19-38(30)44-42(33)39/h1-25H. The number of fused-ring (bicyclic) bond motifs is 10. The van der Waals surface area contributed by atoms with Gasteiger partial charge in [-0.05, 0) is 47.0 Å². The average Bonchev–Trinajstić information content (AvgIpc) is 3.78. The molecule has 0 amide bonds. The first kappa shape index (κ1) is 24.4. The van der Waals surface area contributed by atoms with E-state index in [4.69, 9.17) is 8.83 Å². The molecule has 0 bridgehead atoms. The van der Waals surface area contributed by atoms with Crippen molar-refractivity contribution in [3.8, 4) is 27.9 Å². The molecule has 0 radical (unpaired) electrons. The lowest BCUT2D eigenvalue weighted by Crippen LogP contribution is -1.94. The fraction of sp³-hybridized carbons (Fsp3) is 0. The van der Waals surface area contributed by atoms with Crippen LogP contribution < -0.4 is 0 Å². The Labute approximate surface area is 258 Å². The molecular formula is C42H25NO2. The maximum atomic E-state index is 6.90. The lowest BCUT2D eigenvalue weighted by molar-refractivity contribution is 0.667. The number of rotatable bonds is 3.